The highest BCUT2D eigenvalue weighted by Crippen LogP contribution is 2.13. The van der Waals surface area contributed by atoms with Gasteiger partial charge in [-0.3, -0.25) is 0 Å². The van der Waals surface area contributed by atoms with Gasteiger partial charge in [-0.2, -0.15) is 22.8 Å². The molecule has 0 radical (unpaired) electrons. The van der Waals surface area contributed by atoms with Crippen LogP contribution in [0.4, 0.5) is 13.2 Å². The Morgan fingerprint density at radius 3 is 2.44 bits per heavy atom. The van der Waals surface area contributed by atoms with Crippen molar-refractivity contribution in [2.75, 3.05) is 13.1 Å². The van der Waals surface area contributed by atoms with Crippen LogP contribution in [0.25, 0.3) is 5.65 Å². The first-order valence-corrected chi connectivity index (χ1v) is 8.29. The van der Waals surface area contributed by atoms with E-state index in [0.29, 0.717) is 18.3 Å². The molecule has 0 amide bonds. The number of carboxylic acid groups (broad SMARTS) is 1. The number of likely N-dealkylation sites (tertiary alicyclic amines) is 1. The second-order valence-corrected chi connectivity index (χ2v) is 5.79. The van der Waals surface area contributed by atoms with Crippen molar-refractivity contribution >= 4 is 17.6 Å². The summed E-state index contributed by atoms with van der Waals surface area (Å²) in [7, 11) is 0. The first-order chi connectivity index (χ1) is 12.8. The molecule has 148 valence electrons. The van der Waals surface area contributed by atoms with Crippen LogP contribution in [-0.4, -0.2) is 61.0 Å². The second-order valence-electron chi connectivity index (χ2n) is 5.79. The molecule has 1 aliphatic heterocycles. The molecule has 3 heterocycles. The summed E-state index contributed by atoms with van der Waals surface area (Å²) in [6.45, 7) is 2.39. The van der Waals surface area contributed by atoms with Gasteiger partial charge in [0, 0.05) is 19.3 Å². The summed E-state index contributed by atoms with van der Waals surface area (Å²) in [6.07, 6.45) is 1.56. The number of guanidine groups is 1. The number of alkyl halides is 3. The van der Waals surface area contributed by atoms with Crippen molar-refractivity contribution in [2.45, 2.75) is 38.4 Å². The van der Waals surface area contributed by atoms with Crippen molar-refractivity contribution in [1.29, 1.82) is 0 Å². The summed E-state index contributed by atoms with van der Waals surface area (Å²) < 4.78 is 33.4. The number of aromatic nitrogens is 4. The number of rotatable bonds is 2. The Hall–Kier alpha value is -2.92. The molecule has 27 heavy (non-hydrogen) atoms. The molecule has 3 N–H and O–H groups in total. The van der Waals surface area contributed by atoms with Crippen LogP contribution in [0.5, 0.6) is 0 Å². The van der Waals surface area contributed by atoms with E-state index >= 15 is 0 Å². The SMILES string of the molecule is NC(=NCc1nnc2cccnn12)N1CCCCCC1.O=C(O)C(F)(F)F. The normalized spacial score (nSPS) is 15.8. The standard InChI is InChI=1S/C13H19N7.C2HF3O2/c14-13(19-8-3-1-2-4-9-19)15-10-12-18-17-11-6-5-7-16-20(11)12;3-2(4,5)1(6)7/h5-7H,1-4,8-10H2,(H2,14,15);(H,6,7). The van der Waals surface area contributed by atoms with Crippen LogP contribution in [0.3, 0.4) is 0 Å². The Labute approximate surface area is 152 Å². The zero-order valence-electron chi connectivity index (χ0n) is 14.4. The molecule has 1 aliphatic rings. The zero-order chi connectivity index (χ0) is 19.9. The lowest BCUT2D eigenvalue weighted by Crippen LogP contribution is -2.38. The fraction of sp³-hybridized carbons (Fsp3) is 0.533. The number of nitrogens with zero attached hydrogens (tertiary/aromatic N) is 6. The summed E-state index contributed by atoms with van der Waals surface area (Å²) in [6, 6.07) is 3.70. The molecule has 0 bridgehead atoms. The smallest absolute Gasteiger partial charge is 0.475 e. The highest BCUT2D eigenvalue weighted by atomic mass is 19.4. The first kappa shape index (κ1) is 20.4. The first-order valence-electron chi connectivity index (χ1n) is 8.29. The third-order valence-corrected chi connectivity index (χ3v) is 3.80. The minimum atomic E-state index is -5.08. The van der Waals surface area contributed by atoms with Crippen LogP contribution < -0.4 is 5.73 Å². The predicted octanol–water partition coefficient (Wildman–Crippen LogP) is 1.45. The number of halogens is 3. The van der Waals surface area contributed by atoms with Gasteiger partial charge >= 0.3 is 12.1 Å². The van der Waals surface area contributed by atoms with E-state index in [1.165, 1.54) is 25.7 Å². The fourth-order valence-corrected chi connectivity index (χ4v) is 2.44. The molecule has 9 nitrogen and oxygen atoms in total. The van der Waals surface area contributed by atoms with Gasteiger partial charge in [-0.15, -0.1) is 10.2 Å². The predicted molar refractivity (Wildman–Crippen MR) is 89.8 cm³/mol. The molecule has 12 heteroatoms. The summed E-state index contributed by atoms with van der Waals surface area (Å²) >= 11 is 0. The number of fused-ring (bicyclic) bond motifs is 1. The van der Waals surface area contributed by atoms with Crippen molar-refractivity contribution in [3.8, 4) is 0 Å². The lowest BCUT2D eigenvalue weighted by atomic mass is 10.2. The molecule has 0 atom stereocenters. The maximum atomic E-state index is 10.6. The van der Waals surface area contributed by atoms with Crippen molar-refractivity contribution in [3.63, 3.8) is 0 Å². The lowest BCUT2D eigenvalue weighted by Gasteiger charge is -2.20. The zero-order valence-corrected chi connectivity index (χ0v) is 14.4. The highest BCUT2D eigenvalue weighted by molar-refractivity contribution is 5.78. The topological polar surface area (TPSA) is 122 Å². The molecular weight excluding hydrogens is 367 g/mol. The fourth-order valence-electron chi connectivity index (χ4n) is 2.44. The van der Waals surface area contributed by atoms with Crippen LogP contribution in [0.15, 0.2) is 23.3 Å². The van der Waals surface area contributed by atoms with Crippen molar-refractivity contribution < 1.29 is 23.1 Å². The number of carboxylic acids is 1. The van der Waals surface area contributed by atoms with Crippen molar-refractivity contribution in [1.82, 2.24) is 24.7 Å². The average molecular weight is 387 g/mol. The van der Waals surface area contributed by atoms with E-state index in [1.54, 1.807) is 10.7 Å². The lowest BCUT2D eigenvalue weighted by molar-refractivity contribution is -0.192. The van der Waals surface area contributed by atoms with E-state index in [4.69, 9.17) is 15.6 Å². The van der Waals surface area contributed by atoms with Crippen LogP contribution in [-0.2, 0) is 11.3 Å². The minimum Gasteiger partial charge on any atom is -0.475 e. The second kappa shape index (κ2) is 9.14. The molecule has 2 aromatic rings. The van der Waals surface area contributed by atoms with E-state index in [0.717, 1.165) is 18.7 Å². The van der Waals surface area contributed by atoms with E-state index in [-0.39, 0.29) is 0 Å². The Morgan fingerprint density at radius 1 is 1.22 bits per heavy atom. The van der Waals surface area contributed by atoms with Gasteiger partial charge in [0.25, 0.3) is 0 Å². The number of carbonyl (C=O) groups is 1. The van der Waals surface area contributed by atoms with Gasteiger partial charge in [-0.1, -0.05) is 12.8 Å². The number of hydrogen-bond donors (Lipinski definition) is 2. The Bertz CT molecular complexity index is 783. The molecule has 2 aromatic heterocycles. The molecular formula is C15H20F3N7O2. The monoisotopic (exact) mass is 387 g/mol. The molecule has 0 aliphatic carbocycles. The number of aliphatic imine (C=N–C) groups is 1. The largest absolute Gasteiger partial charge is 0.490 e. The Balaban J connectivity index is 0.000000321. The molecule has 0 unspecified atom stereocenters. The van der Waals surface area contributed by atoms with Crippen LogP contribution in [0, 0.1) is 0 Å². The van der Waals surface area contributed by atoms with Gasteiger partial charge in [0.15, 0.2) is 17.4 Å². The summed E-state index contributed by atoms with van der Waals surface area (Å²) in [4.78, 5) is 15.5. The molecule has 0 saturated carbocycles. The maximum absolute atomic E-state index is 10.6. The van der Waals surface area contributed by atoms with Gasteiger partial charge in [0.2, 0.25) is 0 Å². The molecule has 0 spiro atoms. The van der Waals surface area contributed by atoms with Gasteiger partial charge in [-0.05, 0) is 25.0 Å². The van der Waals surface area contributed by atoms with Crippen LogP contribution in [0.2, 0.25) is 0 Å². The quantitative estimate of drug-likeness (QED) is 0.591. The summed E-state index contributed by atoms with van der Waals surface area (Å²) in [5.74, 6) is -1.45. The summed E-state index contributed by atoms with van der Waals surface area (Å²) in [5.41, 5.74) is 6.80. The van der Waals surface area contributed by atoms with Crippen molar-refractivity contribution in [2.24, 2.45) is 10.7 Å². The minimum absolute atomic E-state index is 0.403. The molecule has 0 aromatic carbocycles. The Morgan fingerprint density at radius 2 is 1.85 bits per heavy atom. The van der Waals surface area contributed by atoms with Gasteiger partial charge < -0.3 is 15.7 Å². The third-order valence-electron chi connectivity index (χ3n) is 3.80. The maximum Gasteiger partial charge on any atom is 0.490 e. The number of hydrogen-bond acceptors (Lipinski definition) is 5. The average Bonchev–Trinajstić information content (AvgIpc) is 2.84. The summed E-state index contributed by atoms with van der Waals surface area (Å²) in [5, 5.41) is 19.5. The van der Waals surface area contributed by atoms with Crippen LogP contribution >= 0.6 is 0 Å². The van der Waals surface area contributed by atoms with Crippen molar-refractivity contribution in [3.05, 3.63) is 24.2 Å². The van der Waals surface area contributed by atoms with Crippen LogP contribution in [0.1, 0.15) is 31.5 Å². The van der Waals surface area contributed by atoms with E-state index in [2.05, 4.69) is 25.2 Å². The molecule has 1 fully saturated rings. The molecule has 3 rings (SSSR count). The van der Waals surface area contributed by atoms with Gasteiger partial charge in [-0.25, -0.2) is 9.79 Å². The van der Waals surface area contributed by atoms with E-state index in [1.807, 2.05) is 12.1 Å². The Kier molecular flexibility index (Phi) is 6.91. The number of nitrogens with two attached hydrogens (primary N) is 1. The van der Waals surface area contributed by atoms with E-state index in [9.17, 15) is 13.2 Å². The van der Waals surface area contributed by atoms with Gasteiger partial charge in [0.1, 0.15) is 6.54 Å². The number of aliphatic carboxylic acids is 1. The van der Waals surface area contributed by atoms with Gasteiger partial charge in [0.05, 0.1) is 0 Å². The third kappa shape index (κ3) is 6.08. The highest BCUT2D eigenvalue weighted by Gasteiger charge is 2.38. The van der Waals surface area contributed by atoms with E-state index < -0.39 is 12.1 Å². The molecule has 1 saturated heterocycles.